The lowest BCUT2D eigenvalue weighted by molar-refractivity contribution is 0.193. The second-order valence-corrected chi connectivity index (χ2v) is 7.36. The summed E-state index contributed by atoms with van der Waals surface area (Å²) in [4.78, 5) is 4.11. The molecular formula is C21H26N2O. The van der Waals surface area contributed by atoms with Crippen molar-refractivity contribution in [1.29, 1.82) is 0 Å². The van der Waals surface area contributed by atoms with Gasteiger partial charge in [0.25, 0.3) is 0 Å². The molecule has 0 saturated heterocycles. The third-order valence-corrected chi connectivity index (χ3v) is 6.03. The average Bonchev–Trinajstić information content (AvgIpc) is 2.56. The van der Waals surface area contributed by atoms with Gasteiger partial charge >= 0.3 is 0 Å². The molecule has 0 atom stereocenters. The molecule has 126 valence electrons. The first-order chi connectivity index (χ1) is 11.8. The van der Waals surface area contributed by atoms with E-state index in [1.54, 1.807) is 7.11 Å². The van der Waals surface area contributed by atoms with Crippen LogP contribution in [0.3, 0.4) is 0 Å². The van der Waals surface area contributed by atoms with Crippen LogP contribution in [0.5, 0.6) is 5.75 Å². The maximum absolute atomic E-state index is 5.62. The molecule has 0 radical (unpaired) electrons. The molecule has 3 nitrogen and oxygen atoms in total. The number of methoxy groups -OCH3 is 1. The number of nitrogens with one attached hydrogen (secondary N) is 1. The highest BCUT2D eigenvalue weighted by Gasteiger charge is 2.41. The van der Waals surface area contributed by atoms with Crippen molar-refractivity contribution >= 4 is 0 Å². The van der Waals surface area contributed by atoms with Crippen LogP contribution in [-0.2, 0) is 5.41 Å². The standard InChI is InChI=1S/C21H26N2O/c1-24-20-6-3-2-5-19(20)21(9-4-10-21)15-23-18-13-17(14-18)16-7-11-22-12-8-16/h2-3,5-8,11-12,17-18,23H,4,9-10,13-15H2,1H3. The van der Waals surface area contributed by atoms with Gasteiger partial charge < -0.3 is 10.1 Å². The van der Waals surface area contributed by atoms with Crippen molar-refractivity contribution in [2.75, 3.05) is 13.7 Å². The van der Waals surface area contributed by atoms with Crippen LogP contribution < -0.4 is 10.1 Å². The quantitative estimate of drug-likeness (QED) is 0.871. The fraction of sp³-hybridized carbons (Fsp3) is 0.476. The zero-order valence-corrected chi connectivity index (χ0v) is 14.4. The predicted octanol–water partition coefficient (Wildman–Crippen LogP) is 4.05. The van der Waals surface area contributed by atoms with Gasteiger partial charge in [-0.15, -0.1) is 0 Å². The van der Waals surface area contributed by atoms with Gasteiger partial charge in [0.05, 0.1) is 7.11 Å². The molecule has 0 aliphatic heterocycles. The third kappa shape index (κ3) is 2.82. The topological polar surface area (TPSA) is 34.1 Å². The van der Waals surface area contributed by atoms with Gasteiger partial charge in [-0.3, -0.25) is 4.98 Å². The van der Waals surface area contributed by atoms with Gasteiger partial charge in [-0.2, -0.15) is 0 Å². The Morgan fingerprint density at radius 1 is 1.12 bits per heavy atom. The van der Waals surface area contributed by atoms with Gasteiger partial charge in [0.1, 0.15) is 5.75 Å². The minimum absolute atomic E-state index is 0.272. The number of hydrogen-bond acceptors (Lipinski definition) is 3. The minimum Gasteiger partial charge on any atom is -0.496 e. The maximum atomic E-state index is 5.62. The summed E-state index contributed by atoms with van der Waals surface area (Å²) in [6, 6.07) is 13.5. The van der Waals surface area contributed by atoms with Crippen molar-refractivity contribution in [3.8, 4) is 5.75 Å². The number of aromatic nitrogens is 1. The normalized spacial score (nSPS) is 24.7. The first-order valence-electron chi connectivity index (χ1n) is 9.07. The summed E-state index contributed by atoms with van der Waals surface area (Å²) in [6.07, 6.45) is 10.1. The summed E-state index contributed by atoms with van der Waals surface area (Å²) < 4.78 is 5.62. The van der Waals surface area contributed by atoms with E-state index in [1.165, 1.54) is 43.2 Å². The molecule has 1 aromatic carbocycles. The van der Waals surface area contributed by atoms with Crippen LogP contribution in [0, 0.1) is 0 Å². The smallest absolute Gasteiger partial charge is 0.122 e. The van der Waals surface area contributed by atoms with Crippen LogP contribution in [0.25, 0.3) is 0 Å². The number of rotatable bonds is 6. The Balaban J connectivity index is 1.37. The van der Waals surface area contributed by atoms with Crippen molar-refractivity contribution in [2.24, 2.45) is 0 Å². The van der Waals surface area contributed by atoms with Crippen molar-refractivity contribution in [1.82, 2.24) is 10.3 Å². The van der Waals surface area contributed by atoms with E-state index in [-0.39, 0.29) is 5.41 Å². The van der Waals surface area contributed by atoms with E-state index in [0.29, 0.717) is 12.0 Å². The van der Waals surface area contributed by atoms with Gasteiger partial charge in [0.2, 0.25) is 0 Å². The number of para-hydroxylation sites is 1. The summed E-state index contributed by atoms with van der Waals surface area (Å²) in [5.41, 5.74) is 3.09. The number of nitrogens with zero attached hydrogens (tertiary/aromatic N) is 1. The first-order valence-corrected chi connectivity index (χ1v) is 9.07. The molecule has 2 fully saturated rings. The van der Waals surface area contributed by atoms with Crippen LogP contribution in [0.4, 0.5) is 0 Å². The molecule has 0 unspecified atom stereocenters. The molecule has 0 spiro atoms. The Bertz CT molecular complexity index is 675. The van der Waals surface area contributed by atoms with Gasteiger partial charge in [0, 0.05) is 36.0 Å². The summed E-state index contributed by atoms with van der Waals surface area (Å²) in [6.45, 7) is 1.07. The van der Waals surface area contributed by atoms with E-state index in [4.69, 9.17) is 4.74 Å². The first kappa shape index (κ1) is 15.6. The second kappa shape index (κ2) is 6.56. The van der Waals surface area contributed by atoms with E-state index in [1.807, 2.05) is 12.4 Å². The molecule has 2 aliphatic rings. The van der Waals surface area contributed by atoms with Gasteiger partial charge in [0.15, 0.2) is 0 Å². The SMILES string of the molecule is COc1ccccc1C1(CNC2CC(c3ccncc3)C2)CCC1. The molecule has 1 heterocycles. The van der Waals surface area contributed by atoms with Crippen molar-refractivity contribution in [2.45, 2.75) is 49.5 Å². The summed E-state index contributed by atoms with van der Waals surface area (Å²) in [5, 5.41) is 3.84. The highest BCUT2D eigenvalue weighted by Crippen LogP contribution is 2.47. The van der Waals surface area contributed by atoms with Crippen molar-refractivity contribution in [3.63, 3.8) is 0 Å². The molecule has 3 heteroatoms. The lowest BCUT2D eigenvalue weighted by Gasteiger charge is -2.46. The predicted molar refractivity (Wildman–Crippen MR) is 96.5 cm³/mol. The highest BCUT2D eigenvalue weighted by atomic mass is 16.5. The van der Waals surface area contributed by atoms with E-state index >= 15 is 0 Å². The van der Waals surface area contributed by atoms with Crippen LogP contribution in [0.2, 0.25) is 0 Å². The number of benzene rings is 1. The highest BCUT2D eigenvalue weighted by molar-refractivity contribution is 5.41. The Labute approximate surface area is 144 Å². The van der Waals surface area contributed by atoms with Gasteiger partial charge in [-0.1, -0.05) is 24.6 Å². The molecule has 2 saturated carbocycles. The number of pyridine rings is 1. The lowest BCUT2D eigenvalue weighted by Crippen LogP contribution is -2.50. The molecule has 1 aromatic heterocycles. The number of ether oxygens (including phenoxy) is 1. The molecule has 0 amide bonds. The second-order valence-electron chi connectivity index (χ2n) is 7.36. The Hall–Kier alpha value is -1.87. The lowest BCUT2D eigenvalue weighted by atomic mass is 9.63. The van der Waals surface area contributed by atoms with Crippen molar-refractivity contribution in [3.05, 3.63) is 59.9 Å². The zero-order valence-electron chi connectivity index (χ0n) is 14.4. The van der Waals surface area contributed by atoms with E-state index in [9.17, 15) is 0 Å². The van der Waals surface area contributed by atoms with E-state index in [2.05, 4.69) is 46.7 Å². The van der Waals surface area contributed by atoms with E-state index in [0.717, 1.165) is 12.3 Å². The molecule has 2 aromatic rings. The minimum atomic E-state index is 0.272. The van der Waals surface area contributed by atoms with Crippen LogP contribution in [-0.4, -0.2) is 24.7 Å². The Kier molecular flexibility index (Phi) is 4.28. The van der Waals surface area contributed by atoms with Crippen LogP contribution in [0.1, 0.15) is 49.1 Å². The maximum Gasteiger partial charge on any atom is 0.122 e. The van der Waals surface area contributed by atoms with Gasteiger partial charge in [-0.05, 0) is 55.4 Å². The van der Waals surface area contributed by atoms with E-state index < -0.39 is 0 Å². The molecule has 4 rings (SSSR count). The molecule has 1 N–H and O–H groups in total. The zero-order chi connectivity index (χ0) is 16.4. The molecule has 2 aliphatic carbocycles. The third-order valence-electron chi connectivity index (χ3n) is 6.03. The molecular weight excluding hydrogens is 296 g/mol. The Morgan fingerprint density at radius 2 is 1.88 bits per heavy atom. The summed E-state index contributed by atoms with van der Waals surface area (Å²) >= 11 is 0. The number of hydrogen-bond donors (Lipinski definition) is 1. The monoisotopic (exact) mass is 322 g/mol. The largest absolute Gasteiger partial charge is 0.496 e. The molecule has 0 bridgehead atoms. The average molecular weight is 322 g/mol. The summed E-state index contributed by atoms with van der Waals surface area (Å²) in [5.74, 6) is 1.75. The summed E-state index contributed by atoms with van der Waals surface area (Å²) in [7, 11) is 1.78. The van der Waals surface area contributed by atoms with Crippen LogP contribution >= 0.6 is 0 Å². The fourth-order valence-electron chi connectivity index (χ4n) is 4.26. The van der Waals surface area contributed by atoms with Crippen LogP contribution in [0.15, 0.2) is 48.8 Å². The van der Waals surface area contributed by atoms with Gasteiger partial charge in [-0.25, -0.2) is 0 Å². The Morgan fingerprint density at radius 3 is 2.54 bits per heavy atom. The fourth-order valence-corrected chi connectivity index (χ4v) is 4.26. The van der Waals surface area contributed by atoms with Crippen molar-refractivity contribution < 1.29 is 4.74 Å². The molecule has 24 heavy (non-hydrogen) atoms.